The minimum absolute atomic E-state index is 0.0828. The van der Waals surface area contributed by atoms with Crippen molar-refractivity contribution in [2.45, 2.75) is 75.7 Å². The molecule has 0 N–H and O–H groups in total. The first-order valence-corrected chi connectivity index (χ1v) is 12.1. The first-order valence-electron chi connectivity index (χ1n) is 8.77. The van der Waals surface area contributed by atoms with Crippen LogP contribution in [0.15, 0.2) is 18.3 Å². The second-order valence-electron chi connectivity index (χ2n) is 9.26. The van der Waals surface area contributed by atoms with Gasteiger partial charge in [0.05, 0.1) is 11.1 Å². The fourth-order valence-electron chi connectivity index (χ4n) is 4.36. The molecule has 3 saturated carbocycles. The number of rotatable bonds is 3. The molecule has 130 valence electrons. The highest BCUT2D eigenvalue weighted by atomic mass is 35.5. The van der Waals surface area contributed by atoms with Crippen molar-refractivity contribution < 1.29 is 4.43 Å². The zero-order valence-electron chi connectivity index (χ0n) is 15.2. The molecule has 0 atom stereocenters. The highest BCUT2D eigenvalue weighted by molar-refractivity contribution is 6.74. The number of hydrogen-bond acceptors (Lipinski definition) is 3. The third-order valence-electron chi connectivity index (χ3n) is 6.54. The zero-order chi connectivity index (χ0) is 17.4. The van der Waals surface area contributed by atoms with Crippen LogP contribution in [-0.4, -0.2) is 28.7 Å². The molecule has 2 aromatic rings. The molecule has 0 saturated heterocycles. The second kappa shape index (κ2) is 4.83. The fraction of sp³-hybridized carbons (Fsp3) is 0.667. The maximum absolute atomic E-state index is 6.84. The van der Waals surface area contributed by atoms with Crippen LogP contribution in [0.5, 0.6) is 0 Å². The van der Waals surface area contributed by atoms with E-state index in [-0.39, 0.29) is 16.2 Å². The standard InChI is InChI=1S/C18H26ClN3OSi/c1-16(2,3)24(4,5)23-18-8-7-17(11-18,12-18)22-9-6-13-10-14(19)20-21-15(13)22/h6,9-10H,7-8,11-12H2,1-5H3. The van der Waals surface area contributed by atoms with Gasteiger partial charge < -0.3 is 8.99 Å². The summed E-state index contributed by atoms with van der Waals surface area (Å²) in [4.78, 5) is 0. The molecule has 0 spiro atoms. The molecule has 3 aliphatic carbocycles. The van der Waals surface area contributed by atoms with Crippen LogP contribution in [0.1, 0.15) is 46.5 Å². The third kappa shape index (κ3) is 2.28. The van der Waals surface area contributed by atoms with Crippen LogP contribution in [0.3, 0.4) is 0 Å². The molecule has 2 aromatic heterocycles. The van der Waals surface area contributed by atoms with E-state index in [1.54, 1.807) is 0 Å². The Hall–Kier alpha value is -0.913. The number of hydrogen-bond donors (Lipinski definition) is 0. The van der Waals surface area contributed by atoms with E-state index in [9.17, 15) is 0 Å². The molecule has 2 bridgehead atoms. The van der Waals surface area contributed by atoms with Gasteiger partial charge >= 0.3 is 0 Å². The van der Waals surface area contributed by atoms with E-state index < -0.39 is 8.32 Å². The highest BCUT2D eigenvalue weighted by Gasteiger charge is 2.64. The molecule has 0 radical (unpaired) electrons. The molecule has 2 heterocycles. The van der Waals surface area contributed by atoms with Crippen molar-refractivity contribution in [3.8, 4) is 0 Å². The van der Waals surface area contributed by atoms with Crippen molar-refractivity contribution >= 4 is 31.0 Å². The number of nitrogens with zero attached hydrogens (tertiary/aromatic N) is 3. The first kappa shape index (κ1) is 16.5. The molecule has 0 unspecified atom stereocenters. The lowest BCUT2D eigenvalue weighted by Gasteiger charge is -2.53. The predicted molar refractivity (Wildman–Crippen MR) is 100.0 cm³/mol. The summed E-state index contributed by atoms with van der Waals surface area (Å²) in [7, 11) is -1.74. The lowest BCUT2D eigenvalue weighted by atomic mass is 9.73. The van der Waals surface area contributed by atoms with E-state index in [0.29, 0.717) is 5.15 Å². The Morgan fingerprint density at radius 3 is 2.58 bits per heavy atom. The average Bonchev–Trinajstić information content (AvgIpc) is 3.06. The maximum atomic E-state index is 6.84. The Morgan fingerprint density at radius 1 is 1.21 bits per heavy atom. The van der Waals surface area contributed by atoms with Crippen LogP contribution < -0.4 is 0 Å². The smallest absolute Gasteiger partial charge is 0.192 e. The molecule has 3 fully saturated rings. The van der Waals surface area contributed by atoms with Gasteiger partial charge in [0.2, 0.25) is 0 Å². The molecule has 5 rings (SSSR count). The first-order chi connectivity index (χ1) is 11.1. The minimum Gasteiger partial charge on any atom is -0.411 e. The molecule has 3 aliphatic rings. The van der Waals surface area contributed by atoms with Gasteiger partial charge in [-0.2, -0.15) is 0 Å². The van der Waals surface area contributed by atoms with Crippen molar-refractivity contribution in [1.82, 2.24) is 14.8 Å². The quantitative estimate of drug-likeness (QED) is 0.710. The Morgan fingerprint density at radius 2 is 1.92 bits per heavy atom. The summed E-state index contributed by atoms with van der Waals surface area (Å²) >= 11 is 5.97. The summed E-state index contributed by atoms with van der Waals surface area (Å²) in [6, 6.07) is 3.99. The maximum Gasteiger partial charge on any atom is 0.192 e. The Bertz CT molecular complexity index is 802. The average molecular weight is 364 g/mol. The SMILES string of the molecule is CC(C)(C)[Si](C)(C)OC12CCC(n3ccc4cc(Cl)nnc43)(C1)C2. The zero-order valence-corrected chi connectivity index (χ0v) is 16.9. The van der Waals surface area contributed by atoms with Gasteiger partial charge in [0.15, 0.2) is 19.1 Å². The Kier molecular flexibility index (Phi) is 3.33. The van der Waals surface area contributed by atoms with Crippen molar-refractivity contribution in [2.75, 3.05) is 0 Å². The van der Waals surface area contributed by atoms with E-state index in [2.05, 4.69) is 60.9 Å². The summed E-state index contributed by atoms with van der Waals surface area (Å²) in [5, 5.41) is 10.2. The molecule has 0 amide bonds. The molecule has 4 nitrogen and oxygen atoms in total. The van der Waals surface area contributed by atoms with Gasteiger partial charge in [-0.05, 0) is 55.9 Å². The van der Waals surface area contributed by atoms with Gasteiger partial charge in [0, 0.05) is 11.6 Å². The van der Waals surface area contributed by atoms with Crippen molar-refractivity contribution in [2.24, 2.45) is 0 Å². The van der Waals surface area contributed by atoms with Crippen LogP contribution in [-0.2, 0) is 9.96 Å². The fourth-order valence-corrected chi connectivity index (χ4v) is 6.15. The molecular formula is C18H26ClN3OSi. The Balaban J connectivity index is 1.61. The molecule has 0 aromatic carbocycles. The van der Waals surface area contributed by atoms with Gasteiger partial charge in [0.1, 0.15) is 0 Å². The molecule has 0 aliphatic heterocycles. The van der Waals surface area contributed by atoms with Crippen molar-refractivity contribution in [3.63, 3.8) is 0 Å². The van der Waals surface area contributed by atoms with Crippen LogP contribution >= 0.6 is 11.6 Å². The van der Waals surface area contributed by atoms with Crippen molar-refractivity contribution in [1.29, 1.82) is 0 Å². The van der Waals surface area contributed by atoms with Crippen LogP contribution in [0, 0.1) is 0 Å². The second-order valence-corrected chi connectivity index (χ2v) is 14.4. The van der Waals surface area contributed by atoms with Gasteiger partial charge in [-0.1, -0.05) is 32.4 Å². The van der Waals surface area contributed by atoms with Gasteiger partial charge in [-0.3, -0.25) is 0 Å². The third-order valence-corrected chi connectivity index (χ3v) is 11.3. The summed E-state index contributed by atoms with van der Waals surface area (Å²) in [5.74, 6) is 0. The summed E-state index contributed by atoms with van der Waals surface area (Å²) < 4.78 is 9.16. The highest BCUT2D eigenvalue weighted by Crippen LogP contribution is 2.63. The van der Waals surface area contributed by atoms with Crippen LogP contribution in [0.4, 0.5) is 0 Å². The molecule has 24 heavy (non-hydrogen) atoms. The molecular weight excluding hydrogens is 338 g/mol. The number of halogens is 1. The largest absolute Gasteiger partial charge is 0.411 e. The summed E-state index contributed by atoms with van der Waals surface area (Å²) in [6.07, 6.45) is 6.66. The van der Waals surface area contributed by atoms with Gasteiger partial charge in [-0.25, -0.2) is 0 Å². The summed E-state index contributed by atoms with van der Waals surface area (Å²) in [6.45, 7) is 11.7. The van der Waals surface area contributed by atoms with E-state index >= 15 is 0 Å². The molecule has 6 heteroatoms. The van der Waals surface area contributed by atoms with Crippen LogP contribution in [0.2, 0.25) is 23.3 Å². The normalized spacial score (nSPS) is 29.9. The minimum atomic E-state index is -1.74. The summed E-state index contributed by atoms with van der Waals surface area (Å²) in [5.41, 5.74) is 1.19. The Labute approximate surface area is 149 Å². The van der Waals surface area contributed by atoms with E-state index in [1.165, 1.54) is 0 Å². The van der Waals surface area contributed by atoms with E-state index in [0.717, 1.165) is 36.7 Å². The van der Waals surface area contributed by atoms with E-state index in [1.807, 2.05) is 6.07 Å². The van der Waals surface area contributed by atoms with Gasteiger partial charge in [0.25, 0.3) is 0 Å². The lowest BCUT2D eigenvalue weighted by molar-refractivity contribution is -0.0465. The number of fused-ring (bicyclic) bond motifs is 2. The predicted octanol–water partition coefficient (Wildman–Crippen LogP) is 5.13. The lowest BCUT2D eigenvalue weighted by Crippen LogP contribution is -2.57. The topological polar surface area (TPSA) is 39.9 Å². The van der Waals surface area contributed by atoms with E-state index in [4.69, 9.17) is 16.0 Å². The number of aromatic nitrogens is 3. The van der Waals surface area contributed by atoms with Crippen LogP contribution in [0.25, 0.3) is 11.0 Å². The van der Waals surface area contributed by atoms with Gasteiger partial charge in [-0.15, -0.1) is 10.2 Å². The van der Waals surface area contributed by atoms with Crippen molar-refractivity contribution in [3.05, 3.63) is 23.5 Å². The monoisotopic (exact) mass is 363 g/mol.